The fraction of sp³-hybridized carbons (Fsp3) is 0.688. The molecule has 0 amide bonds. The van der Waals surface area contributed by atoms with Crippen molar-refractivity contribution in [2.45, 2.75) is 70.9 Å². The van der Waals surface area contributed by atoms with Gasteiger partial charge >= 0.3 is 0 Å². The molecule has 114 valence electrons. The molecule has 0 spiro atoms. The van der Waals surface area contributed by atoms with Crippen LogP contribution in [0.1, 0.15) is 39.7 Å². The minimum absolute atomic E-state index is 0.101. The van der Waals surface area contributed by atoms with Gasteiger partial charge in [-0.05, 0) is 49.5 Å². The van der Waals surface area contributed by atoms with E-state index in [9.17, 15) is 5.11 Å². The van der Waals surface area contributed by atoms with E-state index in [2.05, 4.69) is 44.9 Å². The second kappa shape index (κ2) is 6.83. The molecule has 1 aromatic rings. The fourth-order valence-corrected chi connectivity index (χ4v) is 3.23. The Balaban J connectivity index is 2.66. The van der Waals surface area contributed by atoms with E-state index >= 15 is 0 Å². The maximum absolute atomic E-state index is 10.0. The van der Waals surface area contributed by atoms with Crippen molar-refractivity contribution in [3.63, 3.8) is 0 Å². The predicted octanol–water partition coefficient (Wildman–Crippen LogP) is 3.79. The highest BCUT2D eigenvalue weighted by Gasteiger charge is 2.39. The topological polar surface area (TPSA) is 42.4 Å². The van der Waals surface area contributed by atoms with Crippen LogP contribution in [0.25, 0.3) is 0 Å². The van der Waals surface area contributed by atoms with E-state index in [1.165, 1.54) is 5.56 Å². The van der Waals surface area contributed by atoms with Crippen molar-refractivity contribution < 1.29 is 9.53 Å². The molecule has 0 radical (unpaired) electrons. The maximum atomic E-state index is 10.0. The summed E-state index contributed by atoms with van der Waals surface area (Å²) in [5.74, 6) is 0. The molecule has 2 atom stereocenters. The van der Waals surface area contributed by atoms with E-state index in [0.717, 1.165) is 12.8 Å². The molecule has 1 heterocycles. The Morgan fingerprint density at radius 2 is 2.00 bits per heavy atom. The minimum atomic E-state index is -1.84. The first-order valence-electron chi connectivity index (χ1n) is 7.38. The van der Waals surface area contributed by atoms with Gasteiger partial charge in [0.15, 0.2) is 8.32 Å². The summed E-state index contributed by atoms with van der Waals surface area (Å²) < 4.78 is 6.35. The molecule has 3 nitrogen and oxygen atoms in total. The Morgan fingerprint density at radius 3 is 2.45 bits per heavy atom. The van der Waals surface area contributed by atoms with E-state index in [-0.39, 0.29) is 11.1 Å². The van der Waals surface area contributed by atoms with Crippen LogP contribution in [-0.4, -0.2) is 30.6 Å². The Bertz CT molecular complexity index is 399. The van der Waals surface area contributed by atoms with Crippen LogP contribution in [0.2, 0.25) is 18.1 Å². The van der Waals surface area contributed by atoms with Gasteiger partial charge in [0.2, 0.25) is 0 Å². The summed E-state index contributed by atoms with van der Waals surface area (Å²) in [6, 6.07) is 4.01. The smallest absolute Gasteiger partial charge is 0.192 e. The normalized spacial score (nSPS) is 15.9. The van der Waals surface area contributed by atoms with Gasteiger partial charge in [0.25, 0.3) is 0 Å². The number of aromatic nitrogens is 1. The van der Waals surface area contributed by atoms with Gasteiger partial charge < -0.3 is 9.53 Å². The van der Waals surface area contributed by atoms with Gasteiger partial charge in [-0.1, -0.05) is 26.8 Å². The van der Waals surface area contributed by atoms with E-state index < -0.39 is 14.4 Å². The summed E-state index contributed by atoms with van der Waals surface area (Å²) in [7, 11) is -1.84. The quantitative estimate of drug-likeness (QED) is 0.812. The Morgan fingerprint density at radius 1 is 1.35 bits per heavy atom. The average Bonchev–Trinajstić information content (AvgIpc) is 2.34. The lowest BCUT2D eigenvalue weighted by Gasteiger charge is -2.40. The number of aliphatic hydroxyl groups excluding tert-OH is 1. The predicted molar refractivity (Wildman–Crippen MR) is 86.3 cm³/mol. The molecule has 1 rings (SSSR count). The van der Waals surface area contributed by atoms with Gasteiger partial charge in [-0.25, -0.2) is 0 Å². The third kappa shape index (κ3) is 5.00. The average molecular weight is 295 g/mol. The zero-order chi connectivity index (χ0) is 15.4. The van der Waals surface area contributed by atoms with Crippen molar-refractivity contribution in [1.82, 2.24) is 4.98 Å². The second-order valence-electron chi connectivity index (χ2n) is 7.06. The Hall–Kier alpha value is -0.713. The van der Waals surface area contributed by atoms with Crippen LogP contribution in [0.15, 0.2) is 24.5 Å². The lowest BCUT2D eigenvalue weighted by molar-refractivity contribution is 0.0344. The highest BCUT2D eigenvalue weighted by molar-refractivity contribution is 6.74. The molecule has 0 aromatic carbocycles. The summed E-state index contributed by atoms with van der Waals surface area (Å²) in [5, 5.41) is 10.2. The SMILES string of the molecule is C[C@@H](O)C(CCc1cccnc1)O[Si](C)(C)C(C)(C)C. The van der Waals surface area contributed by atoms with Crippen molar-refractivity contribution in [1.29, 1.82) is 0 Å². The van der Waals surface area contributed by atoms with Crippen LogP contribution in [0.5, 0.6) is 0 Å². The molecule has 1 unspecified atom stereocenters. The van der Waals surface area contributed by atoms with Crippen LogP contribution in [0.3, 0.4) is 0 Å². The third-order valence-corrected chi connectivity index (χ3v) is 8.73. The van der Waals surface area contributed by atoms with E-state index in [1.54, 1.807) is 6.20 Å². The van der Waals surface area contributed by atoms with Gasteiger partial charge in [-0.2, -0.15) is 0 Å². The first-order valence-corrected chi connectivity index (χ1v) is 10.3. The highest BCUT2D eigenvalue weighted by atomic mass is 28.4. The zero-order valence-corrected chi connectivity index (χ0v) is 14.7. The number of aryl methyl sites for hydroxylation is 1. The van der Waals surface area contributed by atoms with Crippen LogP contribution in [0, 0.1) is 0 Å². The van der Waals surface area contributed by atoms with Crippen LogP contribution < -0.4 is 0 Å². The van der Waals surface area contributed by atoms with Gasteiger partial charge in [0, 0.05) is 12.4 Å². The zero-order valence-electron chi connectivity index (χ0n) is 13.7. The highest BCUT2D eigenvalue weighted by Crippen LogP contribution is 2.38. The van der Waals surface area contributed by atoms with Crippen LogP contribution >= 0.6 is 0 Å². The molecule has 0 aliphatic carbocycles. The summed E-state index contributed by atoms with van der Waals surface area (Å²) in [5.41, 5.74) is 1.19. The summed E-state index contributed by atoms with van der Waals surface area (Å²) in [6.45, 7) is 12.9. The molecular weight excluding hydrogens is 266 g/mol. The number of hydrogen-bond acceptors (Lipinski definition) is 3. The standard InChI is InChI=1S/C16H29NO2Si/c1-13(18)15(19-20(5,6)16(2,3)4)10-9-14-8-7-11-17-12-14/h7-8,11-13,15,18H,9-10H2,1-6H3/t13-,15?/m1/s1. The molecule has 4 heteroatoms. The lowest BCUT2D eigenvalue weighted by atomic mass is 10.1. The Labute approximate surface area is 124 Å². The van der Waals surface area contributed by atoms with Crippen molar-refractivity contribution in [2.75, 3.05) is 0 Å². The molecule has 0 bridgehead atoms. The first kappa shape index (κ1) is 17.3. The van der Waals surface area contributed by atoms with Crippen LogP contribution in [0.4, 0.5) is 0 Å². The molecule has 20 heavy (non-hydrogen) atoms. The van der Waals surface area contributed by atoms with E-state index in [1.807, 2.05) is 19.2 Å². The molecular formula is C16H29NO2Si. The van der Waals surface area contributed by atoms with E-state index in [4.69, 9.17) is 4.43 Å². The Kier molecular flexibility index (Phi) is 5.92. The summed E-state index contributed by atoms with van der Waals surface area (Å²) in [4.78, 5) is 4.13. The van der Waals surface area contributed by atoms with Gasteiger partial charge in [-0.3, -0.25) is 4.98 Å². The number of rotatable bonds is 6. The number of hydrogen-bond donors (Lipinski definition) is 1. The van der Waals surface area contributed by atoms with Crippen molar-refractivity contribution in [3.05, 3.63) is 30.1 Å². The van der Waals surface area contributed by atoms with Crippen LogP contribution in [-0.2, 0) is 10.8 Å². The van der Waals surface area contributed by atoms with Gasteiger partial charge in [0.05, 0.1) is 12.2 Å². The van der Waals surface area contributed by atoms with Gasteiger partial charge in [0.1, 0.15) is 0 Å². The number of pyridine rings is 1. The lowest BCUT2D eigenvalue weighted by Crippen LogP contribution is -2.46. The maximum Gasteiger partial charge on any atom is 0.192 e. The number of aliphatic hydroxyl groups is 1. The molecule has 1 aromatic heterocycles. The van der Waals surface area contributed by atoms with Gasteiger partial charge in [-0.15, -0.1) is 0 Å². The van der Waals surface area contributed by atoms with Crippen molar-refractivity contribution in [2.24, 2.45) is 0 Å². The molecule has 0 aliphatic rings. The molecule has 0 saturated heterocycles. The molecule has 0 saturated carbocycles. The summed E-state index contributed by atoms with van der Waals surface area (Å²) in [6.07, 6.45) is 4.83. The summed E-state index contributed by atoms with van der Waals surface area (Å²) >= 11 is 0. The van der Waals surface area contributed by atoms with Crippen molar-refractivity contribution >= 4 is 8.32 Å². The fourth-order valence-electron chi connectivity index (χ4n) is 1.81. The minimum Gasteiger partial charge on any atom is -0.411 e. The first-order chi connectivity index (χ1) is 9.13. The monoisotopic (exact) mass is 295 g/mol. The second-order valence-corrected chi connectivity index (χ2v) is 11.8. The molecule has 0 aliphatic heterocycles. The number of nitrogens with zero attached hydrogens (tertiary/aromatic N) is 1. The third-order valence-electron chi connectivity index (χ3n) is 4.23. The largest absolute Gasteiger partial charge is 0.411 e. The van der Waals surface area contributed by atoms with Crippen molar-refractivity contribution in [3.8, 4) is 0 Å². The molecule has 1 N–H and O–H groups in total. The van der Waals surface area contributed by atoms with E-state index in [0.29, 0.717) is 0 Å². The molecule has 0 fully saturated rings.